The van der Waals surface area contributed by atoms with Gasteiger partial charge < -0.3 is 19.2 Å². The second kappa shape index (κ2) is 10.1. The molecule has 2 aromatic heterocycles. The molecule has 0 spiro atoms. The number of benzene rings is 2. The molecule has 0 bridgehead atoms. The predicted octanol–water partition coefficient (Wildman–Crippen LogP) is 4.41. The summed E-state index contributed by atoms with van der Waals surface area (Å²) in [5.74, 6) is 3.09. The van der Waals surface area contributed by atoms with E-state index in [9.17, 15) is 4.79 Å². The topological polar surface area (TPSA) is 107 Å². The molecule has 1 unspecified atom stereocenters. The first-order chi connectivity index (χ1) is 18.1. The highest BCUT2D eigenvalue weighted by Gasteiger charge is 2.33. The third-order valence-corrected chi connectivity index (χ3v) is 6.74. The van der Waals surface area contributed by atoms with Crippen molar-refractivity contribution in [3.8, 4) is 17.2 Å². The SMILES string of the molecule is COc1ccc2[nH]c(=O)c(CN(Cc3ccc4c(c3)OCO4)C(c3nnnn3C(C)(C)C)C(C)C)cc2c1. The van der Waals surface area contributed by atoms with E-state index in [4.69, 9.17) is 14.2 Å². The second-order valence-electron chi connectivity index (χ2n) is 11.0. The molecule has 38 heavy (non-hydrogen) atoms. The molecule has 4 aromatic rings. The van der Waals surface area contributed by atoms with E-state index < -0.39 is 0 Å². The molecule has 0 saturated heterocycles. The monoisotopic (exact) mass is 518 g/mol. The van der Waals surface area contributed by atoms with E-state index >= 15 is 0 Å². The number of aromatic nitrogens is 5. The van der Waals surface area contributed by atoms with Crippen molar-refractivity contribution in [3.63, 3.8) is 0 Å². The van der Waals surface area contributed by atoms with Crippen molar-refractivity contribution in [3.05, 3.63) is 69.8 Å². The number of methoxy groups -OCH3 is 1. The Bertz CT molecular complexity index is 1500. The van der Waals surface area contributed by atoms with Crippen LogP contribution in [0.15, 0.2) is 47.3 Å². The van der Waals surface area contributed by atoms with Crippen LogP contribution in [0.25, 0.3) is 10.9 Å². The summed E-state index contributed by atoms with van der Waals surface area (Å²) >= 11 is 0. The lowest BCUT2D eigenvalue weighted by molar-refractivity contribution is 0.119. The fourth-order valence-corrected chi connectivity index (χ4v) is 4.96. The minimum absolute atomic E-state index is 0.128. The first-order valence-corrected chi connectivity index (χ1v) is 12.8. The van der Waals surface area contributed by atoms with E-state index in [1.807, 2.05) is 47.1 Å². The van der Waals surface area contributed by atoms with Crippen LogP contribution in [0.3, 0.4) is 0 Å². The molecule has 0 fully saturated rings. The number of fused-ring (bicyclic) bond motifs is 2. The molecule has 0 amide bonds. The quantitative estimate of drug-likeness (QED) is 0.366. The Hall–Kier alpha value is -3.92. The Labute approximate surface area is 221 Å². The Morgan fingerprint density at radius 1 is 1.08 bits per heavy atom. The molecule has 0 saturated carbocycles. The van der Waals surface area contributed by atoms with Crippen LogP contribution >= 0.6 is 0 Å². The fourth-order valence-electron chi connectivity index (χ4n) is 4.96. The zero-order valence-electron chi connectivity index (χ0n) is 22.7. The van der Waals surface area contributed by atoms with Crippen LogP contribution < -0.4 is 19.8 Å². The van der Waals surface area contributed by atoms with Crippen LogP contribution in [0.5, 0.6) is 17.2 Å². The van der Waals surface area contributed by atoms with Gasteiger partial charge in [-0.05, 0) is 79.1 Å². The van der Waals surface area contributed by atoms with Gasteiger partial charge in [0, 0.05) is 29.6 Å². The van der Waals surface area contributed by atoms with Gasteiger partial charge in [-0.15, -0.1) is 5.10 Å². The lowest BCUT2D eigenvalue weighted by atomic mass is 9.98. The average Bonchev–Trinajstić information content (AvgIpc) is 3.53. The molecule has 10 heteroatoms. The van der Waals surface area contributed by atoms with E-state index in [2.05, 4.69) is 60.0 Å². The van der Waals surface area contributed by atoms with Crippen LogP contribution in [0.4, 0.5) is 0 Å². The maximum atomic E-state index is 13.2. The highest BCUT2D eigenvalue weighted by molar-refractivity contribution is 5.80. The van der Waals surface area contributed by atoms with Crippen molar-refractivity contribution in [1.82, 2.24) is 30.1 Å². The van der Waals surface area contributed by atoms with Crippen LogP contribution in [-0.2, 0) is 18.6 Å². The number of hydrogen-bond acceptors (Lipinski definition) is 8. The molecular weight excluding hydrogens is 484 g/mol. The summed E-state index contributed by atoms with van der Waals surface area (Å²) in [4.78, 5) is 18.5. The van der Waals surface area contributed by atoms with Crippen molar-refractivity contribution in [2.75, 3.05) is 13.9 Å². The lowest BCUT2D eigenvalue weighted by Gasteiger charge is -2.35. The number of nitrogens with zero attached hydrogens (tertiary/aromatic N) is 5. The number of nitrogens with one attached hydrogen (secondary N) is 1. The third-order valence-electron chi connectivity index (χ3n) is 6.74. The Morgan fingerprint density at radius 2 is 1.87 bits per heavy atom. The van der Waals surface area contributed by atoms with Crippen molar-refractivity contribution in [2.45, 2.75) is 59.3 Å². The number of aromatic amines is 1. The minimum atomic E-state index is -0.312. The van der Waals surface area contributed by atoms with Gasteiger partial charge >= 0.3 is 0 Å². The van der Waals surface area contributed by atoms with E-state index in [1.165, 1.54) is 0 Å². The number of tetrazole rings is 1. The molecule has 1 atom stereocenters. The van der Waals surface area contributed by atoms with Gasteiger partial charge in [-0.3, -0.25) is 9.69 Å². The maximum absolute atomic E-state index is 13.2. The van der Waals surface area contributed by atoms with Gasteiger partial charge in [0.05, 0.1) is 18.7 Å². The van der Waals surface area contributed by atoms with Gasteiger partial charge in [-0.2, -0.15) is 0 Å². The molecule has 0 aliphatic carbocycles. The number of ether oxygens (including phenoxy) is 3. The van der Waals surface area contributed by atoms with Crippen LogP contribution in [0.2, 0.25) is 0 Å². The van der Waals surface area contributed by atoms with Gasteiger partial charge in [0.1, 0.15) is 5.75 Å². The number of H-pyrrole nitrogens is 1. The van der Waals surface area contributed by atoms with E-state index in [0.717, 1.165) is 39.5 Å². The molecule has 5 rings (SSSR count). The average molecular weight is 519 g/mol. The zero-order chi connectivity index (χ0) is 27.0. The molecule has 3 heterocycles. The largest absolute Gasteiger partial charge is 0.497 e. The zero-order valence-corrected chi connectivity index (χ0v) is 22.7. The summed E-state index contributed by atoms with van der Waals surface area (Å²) < 4.78 is 18.4. The molecular formula is C28H34N6O4. The van der Waals surface area contributed by atoms with Crippen LogP contribution in [-0.4, -0.2) is 44.0 Å². The molecule has 1 N–H and O–H groups in total. The van der Waals surface area contributed by atoms with Crippen LogP contribution in [0.1, 0.15) is 57.6 Å². The molecule has 10 nitrogen and oxygen atoms in total. The smallest absolute Gasteiger partial charge is 0.252 e. The Morgan fingerprint density at radius 3 is 2.61 bits per heavy atom. The summed E-state index contributed by atoms with van der Waals surface area (Å²) in [6, 6.07) is 13.3. The predicted molar refractivity (Wildman–Crippen MR) is 143 cm³/mol. The first-order valence-electron chi connectivity index (χ1n) is 12.8. The summed E-state index contributed by atoms with van der Waals surface area (Å²) in [6.07, 6.45) is 0. The number of pyridine rings is 1. The van der Waals surface area contributed by atoms with E-state index in [1.54, 1.807) is 7.11 Å². The summed E-state index contributed by atoms with van der Waals surface area (Å²) in [5, 5.41) is 13.7. The van der Waals surface area contributed by atoms with Crippen molar-refractivity contribution >= 4 is 10.9 Å². The van der Waals surface area contributed by atoms with Crippen molar-refractivity contribution < 1.29 is 14.2 Å². The molecule has 2 aromatic carbocycles. The van der Waals surface area contributed by atoms with Gasteiger partial charge in [0.15, 0.2) is 17.3 Å². The Balaban J connectivity index is 1.59. The highest BCUT2D eigenvalue weighted by Crippen LogP contribution is 2.36. The van der Waals surface area contributed by atoms with Crippen molar-refractivity contribution in [2.24, 2.45) is 5.92 Å². The highest BCUT2D eigenvalue weighted by atomic mass is 16.7. The van der Waals surface area contributed by atoms with Crippen LogP contribution in [0, 0.1) is 5.92 Å². The summed E-state index contributed by atoms with van der Waals surface area (Å²) in [5.41, 5.74) is 2.00. The second-order valence-corrected chi connectivity index (χ2v) is 11.0. The van der Waals surface area contributed by atoms with Gasteiger partial charge in [-0.1, -0.05) is 19.9 Å². The number of hydrogen-bond donors (Lipinski definition) is 1. The summed E-state index contributed by atoms with van der Waals surface area (Å²) in [6.45, 7) is 11.7. The third kappa shape index (κ3) is 5.08. The Kier molecular flexibility index (Phi) is 6.83. The standard InChI is InChI=1S/C28H34N6O4/c1-17(2)25(26-30-31-32-34(26)28(3,4)5)33(14-18-7-10-23-24(11-18)38-16-37-23)15-20-12-19-13-21(36-6)8-9-22(19)29-27(20)35/h7-13,17,25H,14-16H2,1-6H3,(H,29,35). The van der Waals surface area contributed by atoms with Crippen molar-refractivity contribution in [1.29, 1.82) is 0 Å². The number of rotatable bonds is 8. The molecule has 0 radical (unpaired) electrons. The van der Waals surface area contributed by atoms with Gasteiger partial charge in [0.25, 0.3) is 5.56 Å². The van der Waals surface area contributed by atoms with E-state index in [0.29, 0.717) is 18.7 Å². The fraction of sp³-hybridized carbons (Fsp3) is 0.429. The van der Waals surface area contributed by atoms with E-state index in [-0.39, 0.29) is 29.9 Å². The minimum Gasteiger partial charge on any atom is -0.497 e. The summed E-state index contributed by atoms with van der Waals surface area (Å²) in [7, 11) is 1.63. The normalized spacial score (nSPS) is 14.0. The first kappa shape index (κ1) is 25.7. The molecule has 200 valence electrons. The molecule has 1 aliphatic heterocycles. The van der Waals surface area contributed by atoms with Gasteiger partial charge in [-0.25, -0.2) is 4.68 Å². The van der Waals surface area contributed by atoms with Gasteiger partial charge in [0.2, 0.25) is 6.79 Å². The molecule has 1 aliphatic rings. The lowest BCUT2D eigenvalue weighted by Crippen LogP contribution is -2.37. The maximum Gasteiger partial charge on any atom is 0.252 e.